The molecule has 0 bridgehead atoms. The van der Waals surface area contributed by atoms with Crippen LogP contribution in [0, 0.1) is 23.7 Å². The first-order valence-corrected chi connectivity index (χ1v) is 7.73. The average molecular weight is 237 g/mol. The summed E-state index contributed by atoms with van der Waals surface area (Å²) in [6, 6.07) is 0.769. The summed E-state index contributed by atoms with van der Waals surface area (Å²) in [4.78, 5) is 0. The number of nitrogens with one attached hydrogen (secondary N) is 1. The minimum absolute atomic E-state index is 0.769. The molecular weight excluding hydrogens is 210 g/mol. The van der Waals surface area contributed by atoms with Crippen LogP contribution in [0.1, 0.15) is 45.4 Å². The SMILES string of the molecule is CCCNC(C1CCOC1)C1C2CCCCC21. The Balaban J connectivity index is 1.62. The van der Waals surface area contributed by atoms with Crippen LogP contribution in [0.2, 0.25) is 0 Å². The van der Waals surface area contributed by atoms with E-state index in [4.69, 9.17) is 4.74 Å². The summed E-state index contributed by atoms with van der Waals surface area (Å²) in [5.74, 6) is 3.94. The number of hydrogen-bond acceptors (Lipinski definition) is 2. The highest BCUT2D eigenvalue weighted by Crippen LogP contribution is 2.58. The fourth-order valence-corrected chi connectivity index (χ4v) is 4.34. The molecule has 1 saturated heterocycles. The lowest BCUT2D eigenvalue weighted by molar-refractivity contribution is 0.171. The van der Waals surface area contributed by atoms with Gasteiger partial charge in [0.15, 0.2) is 0 Å². The summed E-state index contributed by atoms with van der Waals surface area (Å²) in [5.41, 5.74) is 0. The van der Waals surface area contributed by atoms with Crippen LogP contribution < -0.4 is 5.32 Å². The third-order valence-corrected chi connectivity index (χ3v) is 5.24. The van der Waals surface area contributed by atoms with Crippen LogP contribution >= 0.6 is 0 Å². The van der Waals surface area contributed by atoms with Crippen molar-refractivity contribution in [3.05, 3.63) is 0 Å². The second-order valence-corrected chi connectivity index (χ2v) is 6.29. The molecule has 0 radical (unpaired) electrons. The number of hydrogen-bond donors (Lipinski definition) is 1. The molecule has 0 amide bonds. The third kappa shape index (κ3) is 2.39. The van der Waals surface area contributed by atoms with E-state index in [0.717, 1.165) is 42.9 Å². The lowest BCUT2D eigenvalue weighted by Crippen LogP contribution is -2.39. The summed E-state index contributed by atoms with van der Waals surface area (Å²) in [6.45, 7) is 5.47. The van der Waals surface area contributed by atoms with Crippen LogP contribution in [0.4, 0.5) is 0 Å². The quantitative estimate of drug-likeness (QED) is 0.794. The molecule has 2 aliphatic carbocycles. The Morgan fingerprint density at radius 2 is 1.94 bits per heavy atom. The maximum absolute atomic E-state index is 5.61. The summed E-state index contributed by atoms with van der Waals surface area (Å²) in [7, 11) is 0. The molecule has 3 fully saturated rings. The fourth-order valence-electron chi connectivity index (χ4n) is 4.34. The van der Waals surface area contributed by atoms with Crippen LogP contribution in [0.25, 0.3) is 0 Å². The molecule has 3 rings (SSSR count). The molecular formula is C15H27NO. The van der Waals surface area contributed by atoms with E-state index in [1.165, 1.54) is 45.1 Å². The van der Waals surface area contributed by atoms with Crippen LogP contribution in [-0.4, -0.2) is 25.8 Å². The molecule has 3 aliphatic rings. The molecule has 1 N–H and O–H groups in total. The molecule has 1 heterocycles. The summed E-state index contributed by atoms with van der Waals surface area (Å²) < 4.78 is 5.61. The van der Waals surface area contributed by atoms with Gasteiger partial charge in [-0.25, -0.2) is 0 Å². The number of rotatable bonds is 5. The standard InChI is InChI=1S/C15H27NO/c1-2-8-16-15(11-7-9-17-10-11)14-12-5-3-4-6-13(12)14/h11-16H,2-10H2,1H3. The highest BCUT2D eigenvalue weighted by molar-refractivity contribution is 5.06. The van der Waals surface area contributed by atoms with Crippen molar-refractivity contribution in [2.24, 2.45) is 23.7 Å². The van der Waals surface area contributed by atoms with Crippen molar-refractivity contribution in [3.63, 3.8) is 0 Å². The zero-order valence-electron chi connectivity index (χ0n) is 11.2. The molecule has 17 heavy (non-hydrogen) atoms. The Hall–Kier alpha value is -0.0800. The lowest BCUT2D eigenvalue weighted by atomic mass is 9.92. The summed E-state index contributed by atoms with van der Waals surface area (Å²) in [5, 5.41) is 3.85. The minimum Gasteiger partial charge on any atom is -0.381 e. The number of ether oxygens (including phenoxy) is 1. The zero-order chi connectivity index (χ0) is 11.7. The maximum atomic E-state index is 5.61. The van der Waals surface area contributed by atoms with E-state index in [0.29, 0.717) is 0 Å². The predicted octanol–water partition coefficient (Wildman–Crippen LogP) is 2.83. The van der Waals surface area contributed by atoms with Gasteiger partial charge in [0.2, 0.25) is 0 Å². The molecule has 1 aliphatic heterocycles. The van der Waals surface area contributed by atoms with Crippen LogP contribution in [-0.2, 0) is 4.74 Å². The van der Waals surface area contributed by atoms with Gasteiger partial charge in [-0.2, -0.15) is 0 Å². The highest BCUT2D eigenvalue weighted by atomic mass is 16.5. The predicted molar refractivity (Wildman–Crippen MR) is 69.9 cm³/mol. The van der Waals surface area contributed by atoms with Gasteiger partial charge < -0.3 is 10.1 Å². The molecule has 2 heteroatoms. The molecule has 0 aromatic carbocycles. The van der Waals surface area contributed by atoms with E-state index >= 15 is 0 Å². The Morgan fingerprint density at radius 1 is 1.18 bits per heavy atom. The van der Waals surface area contributed by atoms with Crippen molar-refractivity contribution in [1.29, 1.82) is 0 Å². The van der Waals surface area contributed by atoms with Crippen LogP contribution in [0.3, 0.4) is 0 Å². The van der Waals surface area contributed by atoms with Crippen LogP contribution in [0.5, 0.6) is 0 Å². The van der Waals surface area contributed by atoms with Gasteiger partial charge in [-0.05, 0) is 50.0 Å². The fraction of sp³-hybridized carbons (Fsp3) is 1.00. The van der Waals surface area contributed by atoms with Gasteiger partial charge in [0, 0.05) is 18.6 Å². The first kappa shape index (κ1) is 12.0. The van der Waals surface area contributed by atoms with Gasteiger partial charge in [0.25, 0.3) is 0 Å². The van der Waals surface area contributed by atoms with E-state index in [9.17, 15) is 0 Å². The maximum Gasteiger partial charge on any atom is 0.0510 e. The van der Waals surface area contributed by atoms with E-state index in [-0.39, 0.29) is 0 Å². The molecule has 0 aromatic rings. The Bertz CT molecular complexity index is 237. The van der Waals surface area contributed by atoms with Gasteiger partial charge in [-0.3, -0.25) is 0 Å². The minimum atomic E-state index is 0.769. The zero-order valence-corrected chi connectivity index (χ0v) is 11.2. The lowest BCUT2D eigenvalue weighted by Gasteiger charge is -2.24. The van der Waals surface area contributed by atoms with Crippen molar-refractivity contribution in [3.8, 4) is 0 Å². The summed E-state index contributed by atoms with van der Waals surface area (Å²) in [6.07, 6.45) is 8.53. The molecule has 0 aromatic heterocycles. The smallest absolute Gasteiger partial charge is 0.0510 e. The van der Waals surface area contributed by atoms with Gasteiger partial charge in [0.05, 0.1) is 6.61 Å². The van der Waals surface area contributed by atoms with Crippen molar-refractivity contribution in [2.75, 3.05) is 19.8 Å². The van der Waals surface area contributed by atoms with Gasteiger partial charge >= 0.3 is 0 Å². The molecule has 98 valence electrons. The second kappa shape index (κ2) is 5.27. The Kier molecular flexibility index (Phi) is 3.72. The first-order chi connectivity index (χ1) is 8.42. The molecule has 4 atom stereocenters. The van der Waals surface area contributed by atoms with Crippen molar-refractivity contribution < 1.29 is 4.74 Å². The highest BCUT2D eigenvalue weighted by Gasteiger charge is 2.55. The number of fused-ring (bicyclic) bond motifs is 1. The van der Waals surface area contributed by atoms with Crippen LogP contribution in [0.15, 0.2) is 0 Å². The second-order valence-electron chi connectivity index (χ2n) is 6.29. The molecule has 2 saturated carbocycles. The summed E-state index contributed by atoms with van der Waals surface area (Å²) >= 11 is 0. The molecule has 4 unspecified atom stereocenters. The topological polar surface area (TPSA) is 21.3 Å². The van der Waals surface area contributed by atoms with Gasteiger partial charge in [-0.15, -0.1) is 0 Å². The van der Waals surface area contributed by atoms with E-state index in [1.54, 1.807) is 0 Å². The van der Waals surface area contributed by atoms with E-state index in [1.807, 2.05) is 0 Å². The Morgan fingerprint density at radius 3 is 2.53 bits per heavy atom. The monoisotopic (exact) mass is 237 g/mol. The Labute approximate surface area is 105 Å². The van der Waals surface area contributed by atoms with Crippen molar-refractivity contribution >= 4 is 0 Å². The van der Waals surface area contributed by atoms with Crippen molar-refractivity contribution in [2.45, 2.75) is 51.5 Å². The largest absolute Gasteiger partial charge is 0.381 e. The normalized spacial score (nSPS) is 42.2. The van der Waals surface area contributed by atoms with Gasteiger partial charge in [0.1, 0.15) is 0 Å². The molecule has 0 spiro atoms. The van der Waals surface area contributed by atoms with Crippen molar-refractivity contribution in [1.82, 2.24) is 5.32 Å². The third-order valence-electron chi connectivity index (χ3n) is 5.24. The van der Waals surface area contributed by atoms with Gasteiger partial charge in [-0.1, -0.05) is 19.8 Å². The van der Waals surface area contributed by atoms with E-state index < -0.39 is 0 Å². The van der Waals surface area contributed by atoms with E-state index in [2.05, 4.69) is 12.2 Å². The average Bonchev–Trinajstić information content (AvgIpc) is 2.83. The first-order valence-electron chi connectivity index (χ1n) is 7.73. The molecule has 2 nitrogen and oxygen atoms in total.